The fourth-order valence-electron chi connectivity index (χ4n) is 1.83. The Kier molecular flexibility index (Phi) is 3.71. The minimum Gasteiger partial charge on any atom is -0.289 e. The summed E-state index contributed by atoms with van der Waals surface area (Å²) in [5.41, 5.74) is 5.01. The average Bonchev–Trinajstić information content (AvgIpc) is 2.38. The van der Waals surface area contributed by atoms with Crippen molar-refractivity contribution in [3.8, 4) is 0 Å². The Bertz CT molecular complexity index is 498. The van der Waals surface area contributed by atoms with Gasteiger partial charge in [0.15, 0.2) is 0 Å². The Morgan fingerprint density at radius 1 is 1.06 bits per heavy atom. The van der Waals surface area contributed by atoms with Crippen LogP contribution in [-0.4, -0.2) is 12.8 Å². The second-order valence-electron chi connectivity index (χ2n) is 4.15. The molecule has 1 aliphatic rings. The first-order chi connectivity index (χ1) is 8.29. The van der Waals surface area contributed by atoms with E-state index in [-0.39, 0.29) is 0 Å². The summed E-state index contributed by atoms with van der Waals surface area (Å²) in [4.78, 5) is 4.13. The number of benzene rings is 1. The Morgan fingerprint density at radius 2 is 1.76 bits per heavy atom. The predicted molar refractivity (Wildman–Crippen MR) is 74.6 cm³/mol. The van der Waals surface area contributed by atoms with Crippen LogP contribution in [-0.2, 0) is 6.42 Å². The topological polar surface area (TPSA) is 12.4 Å². The molecule has 0 amide bonds. The summed E-state index contributed by atoms with van der Waals surface area (Å²) < 4.78 is 0. The van der Waals surface area contributed by atoms with Gasteiger partial charge in [-0.3, -0.25) is 4.99 Å². The number of hydrogen-bond donors (Lipinski definition) is 0. The molecule has 0 N–H and O–H groups in total. The maximum atomic E-state index is 4.13. The van der Waals surface area contributed by atoms with Crippen molar-refractivity contribution in [3.05, 3.63) is 71.3 Å². The molecule has 0 atom stereocenters. The van der Waals surface area contributed by atoms with Crippen LogP contribution in [0, 0.1) is 6.92 Å². The molecule has 0 aliphatic heterocycles. The van der Waals surface area contributed by atoms with E-state index in [4.69, 9.17) is 0 Å². The first-order valence-electron chi connectivity index (χ1n) is 5.87. The van der Waals surface area contributed by atoms with Gasteiger partial charge >= 0.3 is 0 Å². The predicted octanol–water partition coefficient (Wildman–Crippen LogP) is 3.66. The van der Waals surface area contributed by atoms with Gasteiger partial charge in [0.1, 0.15) is 0 Å². The summed E-state index contributed by atoms with van der Waals surface area (Å²) in [7, 11) is 1.81. The van der Waals surface area contributed by atoms with Gasteiger partial charge in [0.05, 0.1) is 5.71 Å². The van der Waals surface area contributed by atoms with E-state index in [0.717, 1.165) is 12.1 Å². The second kappa shape index (κ2) is 5.44. The average molecular weight is 223 g/mol. The van der Waals surface area contributed by atoms with Crippen molar-refractivity contribution >= 4 is 5.71 Å². The zero-order valence-electron chi connectivity index (χ0n) is 10.4. The van der Waals surface area contributed by atoms with E-state index < -0.39 is 0 Å². The molecule has 17 heavy (non-hydrogen) atoms. The Morgan fingerprint density at radius 3 is 2.41 bits per heavy atom. The van der Waals surface area contributed by atoms with Crippen molar-refractivity contribution in [1.82, 2.24) is 0 Å². The maximum absolute atomic E-state index is 4.13. The number of nitrogens with zero attached hydrogens (tertiary/aromatic N) is 1. The van der Waals surface area contributed by atoms with Crippen molar-refractivity contribution in [2.75, 3.05) is 7.05 Å². The minimum absolute atomic E-state index is 0.981. The molecule has 0 saturated carbocycles. The summed E-state index contributed by atoms with van der Waals surface area (Å²) >= 11 is 0. The molecule has 1 aliphatic carbocycles. The van der Waals surface area contributed by atoms with E-state index in [1.54, 1.807) is 0 Å². The summed E-state index contributed by atoms with van der Waals surface area (Å²) in [5, 5.41) is 0. The second-order valence-corrected chi connectivity index (χ2v) is 4.15. The molecule has 0 unspecified atom stereocenters. The van der Waals surface area contributed by atoms with E-state index in [1.165, 1.54) is 16.7 Å². The highest BCUT2D eigenvalue weighted by Crippen LogP contribution is 2.12. The molecule has 0 heterocycles. The standard InChI is InChI=1S/C16H17N/c1-13-5-3-4-6-15(13)10-7-14-8-11-16(17-2)12-9-14/h3-9,11-12H,10H2,1-2H3. The number of rotatable bonds is 2. The molecule has 1 nitrogen and oxygen atoms in total. The highest BCUT2D eigenvalue weighted by molar-refractivity contribution is 6.05. The molecule has 1 aromatic carbocycles. The molecule has 0 aromatic heterocycles. The zero-order valence-corrected chi connectivity index (χ0v) is 10.4. The van der Waals surface area contributed by atoms with Gasteiger partial charge < -0.3 is 0 Å². The summed E-state index contributed by atoms with van der Waals surface area (Å²) in [6.45, 7) is 2.15. The molecule has 86 valence electrons. The molecule has 0 spiro atoms. The SMILES string of the molecule is CN=C1C=CC(=CCc2ccccc2C)C=C1. The monoisotopic (exact) mass is 223 g/mol. The van der Waals surface area contributed by atoms with Crippen LogP contribution in [0.5, 0.6) is 0 Å². The molecule has 0 radical (unpaired) electrons. The quantitative estimate of drug-likeness (QED) is 0.725. The lowest BCUT2D eigenvalue weighted by molar-refractivity contribution is 1.20. The third-order valence-electron chi connectivity index (χ3n) is 2.97. The van der Waals surface area contributed by atoms with Gasteiger partial charge in [-0.1, -0.05) is 42.5 Å². The van der Waals surface area contributed by atoms with Crippen LogP contribution in [0.2, 0.25) is 0 Å². The van der Waals surface area contributed by atoms with Crippen LogP contribution in [0.4, 0.5) is 0 Å². The Labute approximate surface area is 103 Å². The Hall–Kier alpha value is -1.89. The zero-order chi connectivity index (χ0) is 12.1. The number of aliphatic imine (C=N–C) groups is 1. The van der Waals surface area contributed by atoms with Gasteiger partial charge in [-0.15, -0.1) is 0 Å². The first-order valence-corrected chi connectivity index (χ1v) is 5.87. The normalized spacial score (nSPS) is 14.0. The van der Waals surface area contributed by atoms with Crippen LogP contribution < -0.4 is 0 Å². The highest BCUT2D eigenvalue weighted by Gasteiger charge is 1.98. The molecule has 0 saturated heterocycles. The van der Waals surface area contributed by atoms with Gasteiger partial charge in [-0.05, 0) is 42.2 Å². The maximum Gasteiger partial charge on any atom is 0.0571 e. The largest absolute Gasteiger partial charge is 0.289 e. The number of hydrogen-bond acceptors (Lipinski definition) is 1. The van der Waals surface area contributed by atoms with Crippen molar-refractivity contribution in [2.24, 2.45) is 4.99 Å². The van der Waals surface area contributed by atoms with E-state index in [9.17, 15) is 0 Å². The molecule has 2 rings (SSSR count). The van der Waals surface area contributed by atoms with Crippen LogP contribution in [0.25, 0.3) is 0 Å². The third kappa shape index (κ3) is 3.04. The fourth-order valence-corrected chi connectivity index (χ4v) is 1.83. The van der Waals surface area contributed by atoms with Crippen molar-refractivity contribution in [2.45, 2.75) is 13.3 Å². The molecule has 1 aromatic rings. The van der Waals surface area contributed by atoms with Gasteiger partial charge in [-0.25, -0.2) is 0 Å². The fraction of sp³-hybridized carbons (Fsp3) is 0.188. The minimum atomic E-state index is 0.981. The van der Waals surface area contributed by atoms with Crippen LogP contribution in [0.1, 0.15) is 11.1 Å². The molecular formula is C16H17N. The molecular weight excluding hydrogens is 206 g/mol. The smallest absolute Gasteiger partial charge is 0.0571 e. The third-order valence-corrected chi connectivity index (χ3v) is 2.97. The van der Waals surface area contributed by atoms with Crippen molar-refractivity contribution in [3.63, 3.8) is 0 Å². The van der Waals surface area contributed by atoms with Gasteiger partial charge in [-0.2, -0.15) is 0 Å². The van der Waals surface area contributed by atoms with Crippen LogP contribution in [0.3, 0.4) is 0 Å². The molecule has 0 fully saturated rings. The van der Waals surface area contributed by atoms with E-state index in [1.807, 2.05) is 19.2 Å². The summed E-state index contributed by atoms with van der Waals surface area (Å²) in [5.74, 6) is 0. The van der Waals surface area contributed by atoms with Gasteiger partial charge in [0.2, 0.25) is 0 Å². The lowest BCUT2D eigenvalue weighted by Crippen LogP contribution is -1.93. The van der Waals surface area contributed by atoms with E-state index in [2.05, 4.69) is 54.4 Å². The van der Waals surface area contributed by atoms with Gasteiger partial charge in [0, 0.05) is 7.05 Å². The van der Waals surface area contributed by atoms with Crippen molar-refractivity contribution in [1.29, 1.82) is 0 Å². The lowest BCUT2D eigenvalue weighted by atomic mass is 10.0. The number of aryl methyl sites for hydroxylation is 1. The summed E-state index contributed by atoms with van der Waals surface area (Å²) in [6.07, 6.45) is 11.5. The van der Waals surface area contributed by atoms with Crippen LogP contribution in [0.15, 0.2) is 65.2 Å². The lowest BCUT2D eigenvalue weighted by Gasteiger charge is -2.04. The van der Waals surface area contributed by atoms with Gasteiger partial charge in [0.25, 0.3) is 0 Å². The van der Waals surface area contributed by atoms with Crippen LogP contribution >= 0.6 is 0 Å². The summed E-state index contributed by atoms with van der Waals surface area (Å²) in [6, 6.07) is 8.51. The Balaban J connectivity index is 2.09. The van der Waals surface area contributed by atoms with E-state index >= 15 is 0 Å². The number of allylic oxidation sites excluding steroid dienone is 6. The molecule has 0 bridgehead atoms. The first kappa shape index (κ1) is 11.6. The van der Waals surface area contributed by atoms with Crippen molar-refractivity contribution < 1.29 is 0 Å². The van der Waals surface area contributed by atoms with E-state index in [0.29, 0.717) is 0 Å². The highest BCUT2D eigenvalue weighted by atomic mass is 14.7. The molecule has 1 heteroatoms.